The van der Waals surface area contributed by atoms with Crippen LogP contribution in [0, 0.1) is 0 Å². The van der Waals surface area contributed by atoms with Crippen LogP contribution < -0.4 is 11.5 Å². The normalized spacial score (nSPS) is 15.2. The molecule has 4 nitrogen and oxygen atoms in total. The summed E-state index contributed by atoms with van der Waals surface area (Å²) in [4.78, 5) is 13.4. The van der Waals surface area contributed by atoms with Gasteiger partial charge in [0.05, 0.1) is 0 Å². The topological polar surface area (TPSA) is 72.3 Å². The zero-order chi connectivity index (χ0) is 12.3. The van der Waals surface area contributed by atoms with Crippen molar-refractivity contribution >= 4 is 5.91 Å². The Morgan fingerprint density at radius 1 is 1.29 bits per heavy atom. The van der Waals surface area contributed by atoms with E-state index in [2.05, 4.69) is 4.90 Å². The average Bonchev–Trinajstić information content (AvgIpc) is 3.13. The van der Waals surface area contributed by atoms with Gasteiger partial charge in [0.15, 0.2) is 0 Å². The van der Waals surface area contributed by atoms with Crippen molar-refractivity contribution in [3.05, 3.63) is 35.4 Å². The van der Waals surface area contributed by atoms with E-state index in [9.17, 15) is 4.79 Å². The summed E-state index contributed by atoms with van der Waals surface area (Å²) in [5.41, 5.74) is 12.6. The molecule has 0 unspecified atom stereocenters. The highest BCUT2D eigenvalue weighted by atomic mass is 16.1. The Labute approximate surface area is 102 Å². The molecular formula is C13H19N3O. The van der Waals surface area contributed by atoms with E-state index in [1.165, 1.54) is 18.4 Å². The summed E-state index contributed by atoms with van der Waals surface area (Å²) in [6.45, 7) is 2.53. The average molecular weight is 233 g/mol. The zero-order valence-electron chi connectivity index (χ0n) is 9.93. The fourth-order valence-corrected chi connectivity index (χ4v) is 2.01. The van der Waals surface area contributed by atoms with E-state index >= 15 is 0 Å². The molecule has 2 rings (SSSR count). The van der Waals surface area contributed by atoms with Gasteiger partial charge in [-0.25, -0.2) is 0 Å². The standard InChI is InChI=1S/C13H19N3O/c14-7-8-16(12-5-6-12)9-10-1-3-11(4-2-10)13(15)17/h1-4,12H,5-9,14H2,(H2,15,17). The first-order chi connectivity index (χ1) is 8.20. The Kier molecular flexibility index (Phi) is 3.76. The molecule has 1 fully saturated rings. The second-order valence-electron chi connectivity index (χ2n) is 4.55. The lowest BCUT2D eigenvalue weighted by molar-refractivity contribution is 0.100. The van der Waals surface area contributed by atoms with Gasteiger partial charge < -0.3 is 11.5 Å². The molecule has 92 valence electrons. The van der Waals surface area contributed by atoms with Gasteiger partial charge in [0, 0.05) is 31.2 Å². The Morgan fingerprint density at radius 3 is 2.41 bits per heavy atom. The maximum atomic E-state index is 11.0. The van der Waals surface area contributed by atoms with Gasteiger partial charge in [-0.3, -0.25) is 9.69 Å². The molecule has 1 saturated carbocycles. The number of amides is 1. The summed E-state index contributed by atoms with van der Waals surface area (Å²) in [5, 5.41) is 0. The lowest BCUT2D eigenvalue weighted by Gasteiger charge is -2.21. The lowest BCUT2D eigenvalue weighted by atomic mass is 10.1. The Hall–Kier alpha value is -1.39. The Bertz CT molecular complexity index is 384. The minimum absolute atomic E-state index is 0.377. The fourth-order valence-electron chi connectivity index (χ4n) is 2.01. The fraction of sp³-hybridized carbons (Fsp3) is 0.462. The maximum absolute atomic E-state index is 11.0. The highest BCUT2D eigenvalue weighted by Crippen LogP contribution is 2.27. The van der Waals surface area contributed by atoms with E-state index in [1.54, 1.807) is 12.1 Å². The van der Waals surface area contributed by atoms with Crippen molar-refractivity contribution in [3.63, 3.8) is 0 Å². The smallest absolute Gasteiger partial charge is 0.248 e. The molecule has 0 aromatic heterocycles. The molecule has 1 aromatic carbocycles. The third kappa shape index (κ3) is 3.28. The number of primary amides is 1. The summed E-state index contributed by atoms with van der Waals surface area (Å²) in [6, 6.07) is 8.20. The number of hydrogen-bond donors (Lipinski definition) is 2. The van der Waals surface area contributed by atoms with E-state index < -0.39 is 0 Å². The maximum Gasteiger partial charge on any atom is 0.248 e. The van der Waals surface area contributed by atoms with Crippen molar-refractivity contribution < 1.29 is 4.79 Å². The van der Waals surface area contributed by atoms with Crippen molar-refractivity contribution in [2.45, 2.75) is 25.4 Å². The molecule has 1 aliphatic rings. The van der Waals surface area contributed by atoms with Crippen LogP contribution in [0.2, 0.25) is 0 Å². The zero-order valence-corrected chi connectivity index (χ0v) is 9.93. The van der Waals surface area contributed by atoms with Gasteiger partial charge in [0.25, 0.3) is 0 Å². The number of carbonyl (C=O) groups is 1. The first-order valence-electron chi connectivity index (χ1n) is 6.03. The molecule has 0 saturated heterocycles. The van der Waals surface area contributed by atoms with Crippen LogP contribution in [0.15, 0.2) is 24.3 Å². The van der Waals surface area contributed by atoms with E-state index in [0.717, 1.165) is 13.1 Å². The lowest BCUT2D eigenvalue weighted by Crippen LogP contribution is -2.31. The van der Waals surface area contributed by atoms with Crippen molar-refractivity contribution in [2.75, 3.05) is 13.1 Å². The van der Waals surface area contributed by atoms with Gasteiger partial charge in [-0.2, -0.15) is 0 Å². The first-order valence-corrected chi connectivity index (χ1v) is 6.03. The molecule has 4 N–H and O–H groups in total. The summed E-state index contributed by atoms with van der Waals surface area (Å²) in [7, 11) is 0. The second-order valence-corrected chi connectivity index (χ2v) is 4.55. The van der Waals surface area contributed by atoms with Crippen LogP contribution in [0.4, 0.5) is 0 Å². The third-order valence-electron chi connectivity index (χ3n) is 3.10. The largest absolute Gasteiger partial charge is 0.366 e. The quantitative estimate of drug-likeness (QED) is 0.760. The van der Waals surface area contributed by atoms with Crippen molar-refractivity contribution in [1.82, 2.24) is 4.90 Å². The molecular weight excluding hydrogens is 214 g/mol. The van der Waals surface area contributed by atoms with Gasteiger partial charge in [0.1, 0.15) is 0 Å². The van der Waals surface area contributed by atoms with Crippen LogP contribution in [-0.4, -0.2) is 29.9 Å². The van der Waals surface area contributed by atoms with Gasteiger partial charge in [-0.15, -0.1) is 0 Å². The van der Waals surface area contributed by atoms with Crippen LogP contribution in [-0.2, 0) is 6.54 Å². The van der Waals surface area contributed by atoms with Crippen molar-refractivity contribution in [3.8, 4) is 0 Å². The first kappa shape index (κ1) is 12.1. The number of carbonyl (C=O) groups excluding carboxylic acids is 1. The molecule has 0 heterocycles. The van der Waals surface area contributed by atoms with Crippen molar-refractivity contribution in [2.24, 2.45) is 11.5 Å². The predicted octanol–water partition coefficient (Wildman–Crippen LogP) is 0.709. The molecule has 0 spiro atoms. The van der Waals surface area contributed by atoms with Crippen LogP contribution >= 0.6 is 0 Å². The van der Waals surface area contributed by atoms with E-state index in [-0.39, 0.29) is 5.91 Å². The van der Waals surface area contributed by atoms with Gasteiger partial charge in [0.2, 0.25) is 5.91 Å². The summed E-state index contributed by atoms with van der Waals surface area (Å²) in [6.07, 6.45) is 2.55. The van der Waals surface area contributed by atoms with Crippen LogP contribution in [0.3, 0.4) is 0 Å². The van der Waals surface area contributed by atoms with Gasteiger partial charge in [-0.1, -0.05) is 12.1 Å². The number of benzene rings is 1. The number of nitrogens with two attached hydrogens (primary N) is 2. The summed E-state index contributed by atoms with van der Waals surface area (Å²) >= 11 is 0. The summed E-state index contributed by atoms with van der Waals surface area (Å²) < 4.78 is 0. The molecule has 4 heteroatoms. The highest BCUT2D eigenvalue weighted by Gasteiger charge is 2.28. The predicted molar refractivity (Wildman–Crippen MR) is 67.4 cm³/mol. The minimum atomic E-state index is -0.377. The molecule has 0 atom stereocenters. The number of hydrogen-bond acceptors (Lipinski definition) is 3. The van der Waals surface area contributed by atoms with Gasteiger partial charge in [-0.05, 0) is 30.5 Å². The molecule has 17 heavy (non-hydrogen) atoms. The second kappa shape index (κ2) is 5.29. The Morgan fingerprint density at radius 2 is 1.94 bits per heavy atom. The SMILES string of the molecule is NCCN(Cc1ccc(C(N)=O)cc1)C1CC1. The summed E-state index contributed by atoms with van der Waals surface area (Å²) in [5.74, 6) is -0.377. The van der Waals surface area contributed by atoms with Crippen LogP contribution in [0.5, 0.6) is 0 Å². The molecule has 0 bridgehead atoms. The van der Waals surface area contributed by atoms with E-state index in [0.29, 0.717) is 18.2 Å². The highest BCUT2D eigenvalue weighted by molar-refractivity contribution is 5.92. The van der Waals surface area contributed by atoms with Crippen LogP contribution in [0.1, 0.15) is 28.8 Å². The van der Waals surface area contributed by atoms with Crippen LogP contribution in [0.25, 0.3) is 0 Å². The molecule has 1 aromatic rings. The third-order valence-corrected chi connectivity index (χ3v) is 3.10. The molecule has 0 radical (unpaired) electrons. The Balaban J connectivity index is 1.99. The van der Waals surface area contributed by atoms with Gasteiger partial charge >= 0.3 is 0 Å². The van der Waals surface area contributed by atoms with Crippen molar-refractivity contribution in [1.29, 1.82) is 0 Å². The van der Waals surface area contributed by atoms with E-state index in [4.69, 9.17) is 11.5 Å². The number of rotatable bonds is 6. The molecule has 1 amide bonds. The molecule has 0 aliphatic heterocycles. The number of nitrogens with zero attached hydrogens (tertiary/aromatic N) is 1. The monoisotopic (exact) mass is 233 g/mol. The van der Waals surface area contributed by atoms with E-state index in [1.807, 2.05) is 12.1 Å². The minimum Gasteiger partial charge on any atom is -0.366 e. The molecule has 1 aliphatic carbocycles.